The molecule has 1 aromatic rings. The summed E-state index contributed by atoms with van der Waals surface area (Å²) >= 11 is 0. The third-order valence-corrected chi connectivity index (χ3v) is 2.97. The fourth-order valence-corrected chi connectivity index (χ4v) is 2.07. The summed E-state index contributed by atoms with van der Waals surface area (Å²) in [7, 11) is 0. The largest absolute Gasteiger partial charge is 0.399 e. The molecule has 0 radical (unpaired) electrons. The molecule has 2 rings (SSSR count). The average molecular weight is 220 g/mol. The van der Waals surface area contributed by atoms with Crippen LogP contribution in [0, 0.1) is 0 Å². The Morgan fingerprint density at radius 1 is 1.25 bits per heavy atom. The van der Waals surface area contributed by atoms with E-state index in [9.17, 15) is 0 Å². The monoisotopic (exact) mass is 220 g/mol. The molecule has 0 spiro atoms. The van der Waals surface area contributed by atoms with Gasteiger partial charge < -0.3 is 15.4 Å². The zero-order valence-electron chi connectivity index (χ0n) is 9.69. The van der Waals surface area contributed by atoms with Crippen LogP contribution in [0.2, 0.25) is 0 Å². The summed E-state index contributed by atoms with van der Waals surface area (Å²) < 4.78 is 5.64. The lowest BCUT2D eigenvalue weighted by Gasteiger charge is -2.14. The van der Waals surface area contributed by atoms with E-state index in [0.29, 0.717) is 6.61 Å². The highest BCUT2D eigenvalue weighted by atomic mass is 16.5. The molecule has 0 unspecified atom stereocenters. The molecule has 1 aliphatic heterocycles. The first-order chi connectivity index (χ1) is 7.84. The van der Waals surface area contributed by atoms with Gasteiger partial charge in [-0.3, -0.25) is 0 Å². The van der Waals surface area contributed by atoms with Crippen molar-refractivity contribution in [3.05, 3.63) is 29.8 Å². The van der Waals surface area contributed by atoms with Crippen molar-refractivity contribution in [3.63, 3.8) is 0 Å². The summed E-state index contributed by atoms with van der Waals surface area (Å²) in [6.45, 7) is 5.01. The molecule has 1 aromatic carbocycles. The number of hydrogen-bond acceptors (Lipinski definition) is 3. The maximum atomic E-state index is 5.70. The molecule has 88 valence electrons. The van der Waals surface area contributed by atoms with Crippen LogP contribution in [0.4, 0.5) is 5.69 Å². The summed E-state index contributed by atoms with van der Waals surface area (Å²) in [4.78, 5) is 2.46. The first-order valence-electron chi connectivity index (χ1n) is 5.99. The third-order valence-electron chi connectivity index (χ3n) is 2.97. The first kappa shape index (κ1) is 11.4. The average Bonchev–Trinajstić information content (AvgIpc) is 2.77. The number of nitrogens with two attached hydrogens (primary N) is 1. The van der Waals surface area contributed by atoms with E-state index in [0.717, 1.165) is 24.4 Å². The van der Waals surface area contributed by atoms with Crippen molar-refractivity contribution >= 4 is 5.69 Å². The summed E-state index contributed by atoms with van der Waals surface area (Å²) in [5, 5.41) is 0. The number of anilines is 1. The Kier molecular flexibility index (Phi) is 4.19. The molecule has 1 heterocycles. The second-order valence-electron chi connectivity index (χ2n) is 4.35. The molecule has 1 aliphatic rings. The van der Waals surface area contributed by atoms with E-state index in [1.54, 1.807) is 0 Å². The fraction of sp³-hybridized carbons (Fsp3) is 0.538. The van der Waals surface area contributed by atoms with Crippen LogP contribution in [0.3, 0.4) is 0 Å². The molecular weight excluding hydrogens is 200 g/mol. The second-order valence-corrected chi connectivity index (χ2v) is 4.35. The maximum absolute atomic E-state index is 5.70. The van der Waals surface area contributed by atoms with Gasteiger partial charge in [0.1, 0.15) is 0 Å². The van der Waals surface area contributed by atoms with Gasteiger partial charge in [-0.15, -0.1) is 0 Å². The zero-order valence-corrected chi connectivity index (χ0v) is 9.69. The summed E-state index contributed by atoms with van der Waals surface area (Å²) in [6.07, 6.45) is 2.68. The fourth-order valence-electron chi connectivity index (χ4n) is 2.07. The molecule has 0 amide bonds. The van der Waals surface area contributed by atoms with E-state index >= 15 is 0 Å². The SMILES string of the molecule is Nc1cccc(COCCN2CCCC2)c1. The molecule has 1 fully saturated rings. The number of likely N-dealkylation sites (tertiary alicyclic amines) is 1. The maximum Gasteiger partial charge on any atom is 0.0718 e. The van der Waals surface area contributed by atoms with Gasteiger partial charge in [-0.1, -0.05) is 12.1 Å². The van der Waals surface area contributed by atoms with E-state index in [1.165, 1.54) is 25.9 Å². The zero-order chi connectivity index (χ0) is 11.2. The molecule has 3 heteroatoms. The standard InChI is InChI=1S/C13H20N2O/c14-13-5-3-4-12(10-13)11-16-9-8-15-6-1-2-7-15/h3-5,10H,1-2,6-9,11,14H2. The number of nitrogen functional groups attached to an aromatic ring is 1. The highest BCUT2D eigenvalue weighted by Gasteiger charge is 2.10. The van der Waals surface area contributed by atoms with Gasteiger partial charge in [0.2, 0.25) is 0 Å². The Morgan fingerprint density at radius 3 is 2.81 bits per heavy atom. The molecule has 0 atom stereocenters. The molecule has 3 nitrogen and oxygen atoms in total. The Balaban J connectivity index is 1.64. The predicted octanol–water partition coefficient (Wildman–Crippen LogP) is 1.88. The highest BCUT2D eigenvalue weighted by Crippen LogP contribution is 2.09. The van der Waals surface area contributed by atoms with Crippen molar-refractivity contribution in [1.29, 1.82) is 0 Å². The lowest BCUT2D eigenvalue weighted by Crippen LogP contribution is -2.23. The Bertz CT molecular complexity index is 321. The predicted molar refractivity (Wildman–Crippen MR) is 66.2 cm³/mol. The summed E-state index contributed by atoms with van der Waals surface area (Å²) in [6, 6.07) is 7.88. The lowest BCUT2D eigenvalue weighted by atomic mass is 10.2. The van der Waals surface area contributed by atoms with Crippen LogP contribution in [-0.2, 0) is 11.3 Å². The van der Waals surface area contributed by atoms with Crippen LogP contribution in [0.15, 0.2) is 24.3 Å². The van der Waals surface area contributed by atoms with Crippen molar-refractivity contribution in [3.8, 4) is 0 Å². The molecule has 2 N–H and O–H groups in total. The molecule has 0 aromatic heterocycles. The van der Waals surface area contributed by atoms with Crippen LogP contribution in [-0.4, -0.2) is 31.1 Å². The minimum Gasteiger partial charge on any atom is -0.399 e. The molecule has 0 bridgehead atoms. The van der Waals surface area contributed by atoms with Gasteiger partial charge >= 0.3 is 0 Å². The van der Waals surface area contributed by atoms with Gasteiger partial charge in [-0.05, 0) is 43.6 Å². The molecule has 1 saturated heterocycles. The lowest BCUT2D eigenvalue weighted by molar-refractivity contribution is 0.0993. The topological polar surface area (TPSA) is 38.5 Å². The van der Waals surface area contributed by atoms with Crippen molar-refractivity contribution < 1.29 is 4.74 Å². The van der Waals surface area contributed by atoms with E-state index in [4.69, 9.17) is 10.5 Å². The van der Waals surface area contributed by atoms with Crippen LogP contribution in [0.25, 0.3) is 0 Å². The Hall–Kier alpha value is -1.06. The summed E-state index contributed by atoms with van der Waals surface area (Å²) in [5.74, 6) is 0. The van der Waals surface area contributed by atoms with E-state index in [1.807, 2.05) is 24.3 Å². The normalized spacial score (nSPS) is 16.8. The van der Waals surface area contributed by atoms with Crippen LogP contribution in [0.5, 0.6) is 0 Å². The van der Waals surface area contributed by atoms with E-state index < -0.39 is 0 Å². The first-order valence-corrected chi connectivity index (χ1v) is 5.99. The minimum atomic E-state index is 0.666. The van der Waals surface area contributed by atoms with E-state index in [-0.39, 0.29) is 0 Å². The smallest absolute Gasteiger partial charge is 0.0718 e. The van der Waals surface area contributed by atoms with Gasteiger partial charge in [0.15, 0.2) is 0 Å². The van der Waals surface area contributed by atoms with Gasteiger partial charge in [0.25, 0.3) is 0 Å². The number of nitrogens with zero attached hydrogens (tertiary/aromatic N) is 1. The molecule has 0 aliphatic carbocycles. The molecule has 16 heavy (non-hydrogen) atoms. The van der Waals surface area contributed by atoms with Crippen LogP contribution >= 0.6 is 0 Å². The number of ether oxygens (including phenoxy) is 1. The van der Waals surface area contributed by atoms with Crippen LogP contribution in [0.1, 0.15) is 18.4 Å². The second kappa shape index (κ2) is 5.87. The minimum absolute atomic E-state index is 0.666. The molecule has 0 saturated carbocycles. The van der Waals surface area contributed by atoms with Gasteiger partial charge in [0.05, 0.1) is 13.2 Å². The van der Waals surface area contributed by atoms with Crippen molar-refractivity contribution in [2.75, 3.05) is 32.0 Å². The highest BCUT2D eigenvalue weighted by molar-refractivity contribution is 5.40. The van der Waals surface area contributed by atoms with Gasteiger partial charge in [-0.2, -0.15) is 0 Å². The quantitative estimate of drug-likeness (QED) is 0.608. The van der Waals surface area contributed by atoms with Crippen molar-refractivity contribution in [1.82, 2.24) is 4.90 Å². The van der Waals surface area contributed by atoms with Gasteiger partial charge in [-0.25, -0.2) is 0 Å². The van der Waals surface area contributed by atoms with Gasteiger partial charge in [0, 0.05) is 12.2 Å². The summed E-state index contributed by atoms with van der Waals surface area (Å²) in [5.41, 5.74) is 7.66. The van der Waals surface area contributed by atoms with Crippen molar-refractivity contribution in [2.45, 2.75) is 19.4 Å². The Morgan fingerprint density at radius 2 is 2.06 bits per heavy atom. The van der Waals surface area contributed by atoms with Crippen molar-refractivity contribution in [2.24, 2.45) is 0 Å². The number of rotatable bonds is 5. The van der Waals surface area contributed by atoms with E-state index in [2.05, 4.69) is 4.90 Å². The Labute approximate surface area is 97.2 Å². The van der Waals surface area contributed by atoms with Crippen LogP contribution < -0.4 is 5.73 Å². The number of hydrogen-bond donors (Lipinski definition) is 1. The third kappa shape index (κ3) is 3.51. The molecular formula is C13H20N2O. The number of benzene rings is 1.